The average molecular weight is 329 g/mol. The molecule has 90 valence electrons. The zero-order valence-electron chi connectivity index (χ0n) is 9.17. The minimum Gasteiger partial charge on any atom is -0.392 e. The van der Waals surface area contributed by atoms with Gasteiger partial charge in [-0.05, 0) is 39.5 Å². The van der Waals surface area contributed by atoms with Gasteiger partial charge in [0.05, 0.1) is 6.10 Å². The first-order valence-electron chi connectivity index (χ1n) is 5.33. The van der Waals surface area contributed by atoms with Gasteiger partial charge in [-0.2, -0.15) is 0 Å². The maximum Gasteiger partial charge on any atom is 0.0682 e. The Kier molecular flexibility index (Phi) is 5.10. The van der Waals surface area contributed by atoms with Crippen molar-refractivity contribution in [2.45, 2.75) is 17.4 Å². The Bertz CT molecular complexity index is 455. The fraction of sp³-hybridized carbons (Fsp3) is 0.231. The van der Waals surface area contributed by atoms with Gasteiger partial charge in [0.15, 0.2) is 0 Å². The predicted molar refractivity (Wildman–Crippen MR) is 78.9 cm³/mol. The molecule has 1 aromatic carbocycles. The van der Waals surface area contributed by atoms with E-state index in [2.05, 4.69) is 28.1 Å². The number of rotatable bonds is 5. The number of aliphatic hydroxyl groups excluding tert-OH is 1. The third-order valence-electron chi connectivity index (χ3n) is 2.30. The molecule has 0 amide bonds. The molecular weight excluding hydrogens is 316 g/mol. The van der Waals surface area contributed by atoms with Gasteiger partial charge in [-0.15, -0.1) is 23.1 Å². The molecule has 0 aliphatic carbocycles. The van der Waals surface area contributed by atoms with Gasteiger partial charge in [-0.1, -0.05) is 18.2 Å². The van der Waals surface area contributed by atoms with Crippen LogP contribution in [0.3, 0.4) is 0 Å². The quantitative estimate of drug-likeness (QED) is 0.830. The van der Waals surface area contributed by atoms with Crippen molar-refractivity contribution in [3.8, 4) is 0 Å². The first-order chi connectivity index (χ1) is 8.25. The summed E-state index contributed by atoms with van der Waals surface area (Å²) in [4.78, 5) is 2.42. The molecular formula is C13H13BrOS2. The molecule has 17 heavy (non-hydrogen) atoms. The van der Waals surface area contributed by atoms with Gasteiger partial charge in [0, 0.05) is 26.4 Å². The van der Waals surface area contributed by atoms with Crippen LogP contribution in [0.15, 0.2) is 51.1 Å². The lowest BCUT2D eigenvalue weighted by Crippen LogP contribution is -2.12. The molecule has 0 aliphatic heterocycles. The number of hydrogen-bond acceptors (Lipinski definition) is 3. The summed E-state index contributed by atoms with van der Waals surface area (Å²) in [7, 11) is 0. The van der Waals surface area contributed by atoms with E-state index in [1.807, 2.05) is 29.6 Å². The Morgan fingerprint density at radius 2 is 2.00 bits per heavy atom. The number of hydrogen-bond donors (Lipinski definition) is 1. The van der Waals surface area contributed by atoms with Crippen LogP contribution >= 0.6 is 39.0 Å². The number of thioether (sulfide) groups is 1. The molecule has 0 saturated carbocycles. The van der Waals surface area contributed by atoms with Gasteiger partial charge in [0.25, 0.3) is 0 Å². The summed E-state index contributed by atoms with van der Waals surface area (Å²) in [5.41, 5.74) is 0. The predicted octanol–water partition coefficient (Wildman–Crippen LogP) is 4.21. The highest BCUT2D eigenvalue weighted by molar-refractivity contribution is 9.10. The Balaban J connectivity index is 1.82. The maximum absolute atomic E-state index is 9.97. The zero-order valence-corrected chi connectivity index (χ0v) is 12.4. The van der Waals surface area contributed by atoms with Crippen molar-refractivity contribution in [2.75, 3.05) is 5.75 Å². The van der Waals surface area contributed by atoms with E-state index < -0.39 is 0 Å². The highest BCUT2D eigenvalue weighted by Gasteiger charge is 2.09. The smallest absolute Gasteiger partial charge is 0.0682 e. The molecule has 0 fully saturated rings. The molecule has 0 spiro atoms. The molecule has 1 heterocycles. The second-order valence-corrected chi connectivity index (χ2v) is 6.62. The molecule has 4 heteroatoms. The molecule has 2 rings (SSSR count). The lowest BCUT2D eigenvalue weighted by molar-refractivity contribution is 0.201. The second kappa shape index (κ2) is 6.59. The van der Waals surface area contributed by atoms with E-state index in [0.29, 0.717) is 0 Å². The monoisotopic (exact) mass is 328 g/mol. The van der Waals surface area contributed by atoms with Crippen LogP contribution in [0.5, 0.6) is 0 Å². The summed E-state index contributed by atoms with van der Waals surface area (Å²) in [6.45, 7) is 0. The molecule has 1 atom stereocenters. The molecule has 1 unspecified atom stereocenters. The molecule has 2 aromatic rings. The van der Waals surface area contributed by atoms with Crippen molar-refractivity contribution in [1.29, 1.82) is 0 Å². The highest BCUT2D eigenvalue weighted by Crippen LogP contribution is 2.25. The minimum absolute atomic E-state index is 0.296. The highest BCUT2D eigenvalue weighted by atomic mass is 79.9. The minimum atomic E-state index is -0.296. The fourth-order valence-corrected chi connectivity index (χ4v) is 3.89. The van der Waals surface area contributed by atoms with E-state index in [-0.39, 0.29) is 6.10 Å². The molecule has 0 radical (unpaired) electrons. The molecule has 1 aromatic heterocycles. The van der Waals surface area contributed by atoms with Gasteiger partial charge in [-0.3, -0.25) is 0 Å². The van der Waals surface area contributed by atoms with Crippen LogP contribution in [-0.2, 0) is 6.42 Å². The van der Waals surface area contributed by atoms with Crippen LogP contribution in [0, 0.1) is 0 Å². The topological polar surface area (TPSA) is 20.2 Å². The maximum atomic E-state index is 9.97. The largest absolute Gasteiger partial charge is 0.392 e. The Morgan fingerprint density at radius 3 is 2.65 bits per heavy atom. The first-order valence-corrected chi connectivity index (χ1v) is 7.99. The van der Waals surface area contributed by atoms with E-state index in [0.717, 1.165) is 16.6 Å². The normalized spacial score (nSPS) is 12.6. The molecule has 0 saturated heterocycles. The van der Waals surface area contributed by atoms with Crippen molar-refractivity contribution in [1.82, 2.24) is 0 Å². The van der Waals surface area contributed by atoms with Gasteiger partial charge in [0.2, 0.25) is 0 Å². The van der Waals surface area contributed by atoms with E-state index in [1.165, 1.54) is 9.77 Å². The summed E-state index contributed by atoms with van der Waals surface area (Å²) >= 11 is 6.86. The van der Waals surface area contributed by atoms with Gasteiger partial charge in [-0.25, -0.2) is 0 Å². The number of thiophene rings is 1. The van der Waals surface area contributed by atoms with Gasteiger partial charge < -0.3 is 5.11 Å². The van der Waals surface area contributed by atoms with Crippen LogP contribution in [0.2, 0.25) is 0 Å². The van der Waals surface area contributed by atoms with E-state index in [9.17, 15) is 5.11 Å². The zero-order chi connectivity index (χ0) is 12.1. The first kappa shape index (κ1) is 13.1. The number of aliphatic hydroxyl groups is 1. The fourth-order valence-electron chi connectivity index (χ4n) is 1.45. The third-order valence-corrected chi connectivity index (χ3v) is 5.40. The summed E-state index contributed by atoms with van der Waals surface area (Å²) in [5.74, 6) is 0.731. The standard InChI is InChI=1S/C13H13BrOS2/c14-12-6-7-16-13(12)8-10(15)9-17-11-4-2-1-3-5-11/h1-7,10,15H,8-9H2. The number of halogens is 1. The number of benzene rings is 1. The van der Waals surface area contributed by atoms with Crippen molar-refractivity contribution in [3.63, 3.8) is 0 Å². The van der Waals surface area contributed by atoms with Crippen molar-refractivity contribution >= 4 is 39.0 Å². The average Bonchev–Trinajstić information content (AvgIpc) is 2.74. The molecule has 0 bridgehead atoms. The summed E-state index contributed by atoms with van der Waals surface area (Å²) in [6.07, 6.45) is 0.424. The molecule has 0 aliphatic rings. The lowest BCUT2D eigenvalue weighted by Gasteiger charge is -2.09. The van der Waals surface area contributed by atoms with Crippen LogP contribution < -0.4 is 0 Å². The van der Waals surface area contributed by atoms with Crippen LogP contribution in [0.4, 0.5) is 0 Å². The summed E-state index contributed by atoms with van der Waals surface area (Å²) in [5, 5.41) is 12.0. The molecule has 1 N–H and O–H groups in total. The van der Waals surface area contributed by atoms with Crippen molar-refractivity contribution in [3.05, 3.63) is 51.1 Å². The Hall–Kier alpha value is -0.290. The molecule has 1 nitrogen and oxygen atoms in total. The van der Waals surface area contributed by atoms with Crippen molar-refractivity contribution < 1.29 is 5.11 Å². The Morgan fingerprint density at radius 1 is 1.24 bits per heavy atom. The summed E-state index contributed by atoms with van der Waals surface area (Å²) in [6, 6.07) is 12.2. The van der Waals surface area contributed by atoms with Gasteiger partial charge in [0.1, 0.15) is 0 Å². The van der Waals surface area contributed by atoms with Crippen LogP contribution in [0.25, 0.3) is 0 Å². The lowest BCUT2D eigenvalue weighted by atomic mass is 10.2. The van der Waals surface area contributed by atoms with E-state index in [4.69, 9.17) is 0 Å². The summed E-state index contributed by atoms with van der Waals surface area (Å²) < 4.78 is 1.10. The van der Waals surface area contributed by atoms with Crippen LogP contribution in [-0.4, -0.2) is 17.0 Å². The van der Waals surface area contributed by atoms with Crippen LogP contribution in [0.1, 0.15) is 4.88 Å². The SMILES string of the molecule is OC(CSc1ccccc1)Cc1sccc1Br. The van der Waals surface area contributed by atoms with Crippen molar-refractivity contribution in [2.24, 2.45) is 0 Å². The van der Waals surface area contributed by atoms with E-state index >= 15 is 0 Å². The van der Waals surface area contributed by atoms with Gasteiger partial charge >= 0.3 is 0 Å². The third kappa shape index (κ3) is 4.14. The Labute approximate surface area is 118 Å². The van der Waals surface area contributed by atoms with E-state index in [1.54, 1.807) is 23.1 Å². The second-order valence-electron chi connectivity index (χ2n) is 3.67.